The van der Waals surface area contributed by atoms with Crippen molar-refractivity contribution in [3.8, 4) is 0 Å². The molecule has 0 bridgehead atoms. The Morgan fingerprint density at radius 2 is 2.30 bits per heavy atom. The molecule has 0 aliphatic carbocycles. The van der Waals surface area contributed by atoms with E-state index in [-0.39, 0.29) is 0 Å². The maximum absolute atomic E-state index is 5.91. The third-order valence-electron chi connectivity index (χ3n) is 3.87. The zero-order chi connectivity index (χ0) is 14.5. The van der Waals surface area contributed by atoms with E-state index in [4.69, 9.17) is 4.42 Å². The van der Waals surface area contributed by atoms with Crippen molar-refractivity contribution in [2.45, 2.75) is 46.3 Å². The Morgan fingerprint density at radius 1 is 1.50 bits per heavy atom. The van der Waals surface area contributed by atoms with Crippen LogP contribution >= 0.6 is 11.8 Å². The van der Waals surface area contributed by atoms with Crippen LogP contribution < -0.4 is 5.32 Å². The number of rotatable bonds is 7. The molecule has 3 nitrogen and oxygen atoms in total. The first-order chi connectivity index (χ1) is 9.56. The van der Waals surface area contributed by atoms with Gasteiger partial charge in [-0.15, -0.1) is 0 Å². The van der Waals surface area contributed by atoms with Crippen molar-refractivity contribution >= 4 is 11.8 Å². The van der Waals surface area contributed by atoms with Gasteiger partial charge >= 0.3 is 0 Å². The fraction of sp³-hybridized carbons (Fsp3) is 0.750. The lowest BCUT2D eigenvalue weighted by atomic mass is 10.2. The number of nitrogens with one attached hydrogen (secondary N) is 1. The topological polar surface area (TPSA) is 28.4 Å². The largest absolute Gasteiger partial charge is 0.465 e. The summed E-state index contributed by atoms with van der Waals surface area (Å²) in [6, 6.07) is 2.94. The van der Waals surface area contributed by atoms with Crippen molar-refractivity contribution in [1.29, 1.82) is 0 Å². The van der Waals surface area contributed by atoms with Gasteiger partial charge in [0.2, 0.25) is 0 Å². The van der Waals surface area contributed by atoms with Crippen LogP contribution in [0.3, 0.4) is 0 Å². The maximum Gasteiger partial charge on any atom is 0.118 e. The quantitative estimate of drug-likeness (QED) is 0.836. The van der Waals surface area contributed by atoms with Crippen LogP contribution in [0.2, 0.25) is 0 Å². The number of hydrogen-bond acceptors (Lipinski definition) is 4. The van der Waals surface area contributed by atoms with Gasteiger partial charge in [-0.1, -0.05) is 13.8 Å². The lowest BCUT2D eigenvalue weighted by Crippen LogP contribution is -2.30. The average molecular weight is 296 g/mol. The first-order valence-corrected chi connectivity index (χ1v) is 8.78. The first-order valence-electron chi connectivity index (χ1n) is 7.63. The Morgan fingerprint density at radius 3 is 2.95 bits per heavy atom. The molecule has 1 N–H and O–H groups in total. The van der Waals surface area contributed by atoms with E-state index in [1.54, 1.807) is 0 Å². The van der Waals surface area contributed by atoms with Crippen molar-refractivity contribution in [2.24, 2.45) is 5.92 Å². The predicted molar refractivity (Wildman–Crippen MR) is 87.2 cm³/mol. The monoisotopic (exact) mass is 296 g/mol. The lowest BCUT2D eigenvalue weighted by molar-refractivity contribution is 0.233. The zero-order valence-corrected chi connectivity index (χ0v) is 14.1. The highest BCUT2D eigenvalue weighted by molar-refractivity contribution is 7.99. The fourth-order valence-corrected chi connectivity index (χ4v) is 3.88. The van der Waals surface area contributed by atoms with Gasteiger partial charge in [0.1, 0.15) is 11.5 Å². The fourth-order valence-electron chi connectivity index (χ4n) is 2.58. The third kappa shape index (κ3) is 4.54. The molecule has 1 aliphatic rings. The van der Waals surface area contributed by atoms with Crippen molar-refractivity contribution in [3.05, 3.63) is 23.2 Å². The molecular weight excluding hydrogens is 268 g/mol. The van der Waals surface area contributed by atoms with Gasteiger partial charge < -0.3 is 9.73 Å². The van der Waals surface area contributed by atoms with Gasteiger partial charge in [0.05, 0.1) is 6.54 Å². The van der Waals surface area contributed by atoms with Crippen LogP contribution in [-0.4, -0.2) is 36.0 Å². The molecule has 0 aromatic carbocycles. The molecule has 1 unspecified atom stereocenters. The Balaban J connectivity index is 1.86. The minimum absolute atomic E-state index is 0.688. The standard InChI is InChI=1S/C16H28N2OS/c1-12(2)8-17-9-14-7-16(19-13(14)3)10-18(4)15-5-6-20-11-15/h7,12,15,17H,5-6,8-11H2,1-4H3. The van der Waals surface area contributed by atoms with Crippen LogP contribution in [0, 0.1) is 12.8 Å². The summed E-state index contributed by atoms with van der Waals surface area (Å²) in [5.74, 6) is 5.41. The summed E-state index contributed by atoms with van der Waals surface area (Å²) in [5.41, 5.74) is 1.30. The van der Waals surface area contributed by atoms with E-state index < -0.39 is 0 Å². The third-order valence-corrected chi connectivity index (χ3v) is 5.02. The molecule has 4 heteroatoms. The minimum atomic E-state index is 0.688. The van der Waals surface area contributed by atoms with E-state index >= 15 is 0 Å². The first kappa shape index (κ1) is 15.9. The molecule has 1 atom stereocenters. The van der Waals surface area contributed by atoms with E-state index in [2.05, 4.69) is 55.9 Å². The van der Waals surface area contributed by atoms with Crippen LogP contribution in [0.15, 0.2) is 10.5 Å². The van der Waals surface area contributed by atoms with Gasteiger partial charge in [0.15, 0.2) is 0 Å². The maximum atomic E-state index is 5.91. The Hall–Kier alpha value is -0.450. The second-order valence-electron chi connectivity index (χ2n) is 6.25. The van der Waals surface area contributed by atoms with Crippen LogP contribution in [-0.2, 0) is 13.1 Å². The molecule has 114 valence electrons. The summed E-state index contributed by atoms with van der Waals surface area (Å²) in [6.45, 7) is 9.43. The van der Waals surface area contributed by atoms with Crippen LogP contribution in [0.5, 0.6) is 0 Å². The van der Waals surface area contributed by atoms with Gasteiger partial charge in [-0.05, 0) is 44.7 Å². The number of furan rings is 1. The van der Waals surface area contributed by atoms with Crippen molar-refractivity contribution in [2.75, 3.05) is 25.1 Å². The van der Waals surface area contributed by atoms with E-state index in [0.717, 1.165) is 31.2 Å². The molecule has 1 aliphatic heterocycles. The number of hydrogen-bond donors (Lipinski definition) is 1. The molecule has 1 saturated heterocycles. The Bertz CT molecular complexity index is 411. The average Bonchev–Trinajstić information content (AvgIpc) is 2.99. The van der Waals surface area contributed by atoms with E-state index in [0.29, 0.717) is 12.0 Å². The van der Waals surface area contributed by atoms with Gasteiger partial charge in [-0.25, -0.2) is 0 Å². The van der Waals surface area contributed by atoms with Gasteiger partial charge in [-0.3, -0.25) is 4.90 Å². The van der Waals surface area contributed by atoms with Crippen LogP contribution in [0.25, 0.3) is 0 Å². The predicted octanol–water partition coefficient (Wildman–Crippen LogP) is 3.27. The smallest absolute Gasteiger partial charge is 0.118 e. The summed E-state index contributed by atoms with van der Waals surface area (Å²) in [5, 5.41) is 3.49. The summed E-state index contributed by atoms with van der Waals surface area (Å²) >= 11 is 2.06. The van der Waals surface area contributed by atoms with Gasteiger partial charge in [-0.2, -0.15) is 11.8 Å². The molecule has 1 aromatic heterocycles. The second-order valence-corrected chi connectivity index (χ2v) is 7.40. The zero-order valence-electron chi connectivity index (χ0n) is 13.2. The van der Waals surface area contributed by atoms with Crippen molar-refractivity contribution in [1.82, 2.24) is 10.2 Å². The van der Waals surface area contributed by atoms with Crippen LogP contribution in [0.4, 0.5) is 0 Å². The lowest BCUT2D eigenvalue weighted by Gasteiger charge is -2.21. The van der Waals surface area contributed by atoms with Crippen LogP contribution in [0.1, 0.15) is 37.4 Å². The molecule has 0 amide bonds. The van der Waals surface area contributed by atoms with Crippen molar-refractivity contribution in [3.63, 3.8) is 0 Å². The summed E-state index contributed by atoms with van der Waals surface area (Å²) in [7, 11) is 2.21. The van der Waals surface area contributed by atoms with Gasteiger partial charge in [0.25, 0.3) is 0 Å². The van der Waals surface area contributed by atoms with Crippen molar-refractivity contribution < 1.29 is 4.42 Å². The Kier molecular flexibility index (Phi) is 6.00. The molecule has 20 heavy (non-hydrogen) atoms. The highest BCUT2D eigenvalue weighted by Gasteiger charge is 2.21. The molecule has 0 radical (unpaired) electrons. The Labute approximate surface area is 127 Å². The molecule has 0 saturated carbocycles. The van der Waals surface area contributed by atoms with E-state index in [1.165, 1.54) is 23.5 Å². The molecular formula is C16H28N2OS. The molecule has 1 fully saturated rings. The highest BCUT2D eigenvalue weighted by Crippen LogP contribution is 2.23. The normalized spacial score (nSPS) is 19.4. The van der Waals surface area contributed by atoms with E-state index in [1.807, 2.05) is 0 Å². The molecule has 1 aromatic rings. The molecule has 0 spiro atoms. The van der Waals surface area contributed by atoms with E-state index in [9.17, 15) is 0 Å². The SMILES string of the molecule is Cc1oc(CN(C)C2CCSC2)cc1CNCC(C)C. The van der Waals surface area contributed by atoms with Gasteiger partial charge in [0, 0.05) is 23.9 Å². The molecule has 2 heterocycles. The summed E-state index contributed by atoms with van der Waals surface area (Å²) < 4.78 is 5.91. The summed E-state index contributed by atoms with van der Waals surface area (Å²) in [6.07, 6.45) is 1.31. The highest BCUT2D eigenvalue weighted by atomic mass is 32.2. The second kappa shape index (κ2) is 7.53. The molecule has 2 rings (SSSR count). The minimum Gasteiger partial charge on any atom is -0.465 e. The number of thioether (sulfide) groups is 1. The summed E-state index contributed by atoms with van der Waals surface area (Å²) in [4.78, 5) is 2.43. The number of aryl methyl sites for hydroxylation is 1. The number of nitrogens with zero attached hydrogens (tertiary/aromatic N) is 1.